The zero-order chi connectivity index (χ0) is 46.4. The number of carbonyl (C=O) groups excluding carboxylic acids is 4. The van der Waals surface area contributed by atoms with E-state index in [4.69, 9.17) is 38.0 Å². The van der Waals surface area contributed by atoms with Crippen molar-refractivity contribution in [2.75, 3.05) is 54.8 Å². The zero-order valence-electron chi connectivity index (χ0n) is 36.0. The van der Waals surface area contributed by atoms with Gasteiger partial charge in [-0.2, -0.15) is 0 Å². The minimum absolute atomic E-state index is 0.00227. The fourth-order valence-corrected chi connectivity index (χ4v) is 4.68. The Hall–Kier alpha value is -4.16. The number of alkyl halides is 1. The SMILES string of the molecule is CC.CCOC(=O)OCOP(=O)(OCOC(=O)OCC)OCC(C[C@H](C)n1ccc(=O)n(COC(=O)C(NC(=O)OC(C)(C)C)C(C)C)c1=O)OC.CF.COC(O)O. The van der Waals surface area contributed by atoms with Crippen molar-refractivity contribution in [3.8, 4) is 0 Å². The summed E-state index contributed by atoms with van der Waals surface area (Å²) in [5.74, 6) is -1.32. The molecule has 23 nitrogen and oxygen atoms in total. The number of hydrogen-bond acceptors (Lipinski definition) is 20. The van der Waals surface area contributed by atoms with Crippen LogP contribution in [0.25, 0.3) is 0 Å². The quantitative estimate of drug-likeness (QED) is 0.0681. The number of aromatic nitrogens is 2. The third-order valence-corrected chi connectivity index (χ3v) is 7.67. The van der Waals surface area contributed by atoms with Gasteiger partial charge in [0, 0.05) is 32.5 Å². The topological polar surface area (TPSA) is 283 Å². The van der Waals surface area contributed by atoms with Gasteiger partial charge in [0.15, 0.2) is 6.73 Å². The first kappa shape index (κ1) is 59.2. The highest BCUT2D eigenvalue weighted by molar-refractivity contribution is 7.48. The number of halogens is 1. The van der Waals surface area contributed by atoms with E-state index in [1.807, 2.05) is 13.8 Å². The van der Waals surface area contributed by atoms with Gasteiger partial charge in [-0.3, -0.25) is 18.3 Å². The average Bonchev–Trinajstić information content (AvgIpc) is 3.16. The molecule has 0 fully saturated rings. The Morgan fingerprint density at radius 2 is 1.34 bits per heavy atom. The molecule has 3 atom stereocenters. The largest absolute Gasteiger partial charge is 0.510 e. The molecule has 0 bridgehead atoms. The molecule has 59 heavy (non-hydrogen) atoms. The predicted molar refractivity (Wildman–Crippen MR) is 204 cm³/mol. The molecule has 0 aromatic carbocycles. The highest BCUT2D eigenvalue weighted by atomic mass is 31.2. The van der Waals surface area contributed by atoms with Crippen molar-refractivity contribution < 1.29 is 89.8 Å². The summed E-state index contributed by atoms with van der Waals surface area (Å²) in [5.41, 5.74) is -2.41. The number of phosphoric acid groups is 1. The van der Waals surface area contributed by atoms with Crippen LogP contribution in [0.5, 0.6) is 0 Å². The molecule has 0 saturated carbocycles. The molecule has 1 heterocycles. The summed E-state index contributed by atoms with van der Waals surface area (Å²) in [7, 11) is -1.57. The maximum absolute atomic E-state index is 13.3. The highest BCUT2D eigenvalue weighted by Crippen LogP contribution is 2.49. The Kier molecular flexibility index (Phi) is 32.7. The molecule has 0 aliphatic heterocycles. The van der Waals surface area contributed by atoms with Gasteiger partial charge in [0.1, 0.15) is 11.6 Å². The van der Waals surface area contributed by atoms with Crippen LogP contribution in [0.4, 0.5) is 18.8 Å². The lowest BCUT2D eigenvalue weighted by Crippen LogP contribution is -2.48. The number of methoxy groups -OCH3 is 2. The van der Waals surface area contributed by atoms with Crippen molar-refractivity contribution in [2.45, 2.75) is 113 Å². The third kappa shape index (κ3) is 27.3. The van der Waals surface area contributed by atoms with Crippen LogP contribution in [0.2, 0.25) is 0 Å². The zero-order valence-corrected chi connectivity index (χ0v) is 36.8. The molecular formula is C34H63FN3O20P. The van der Waals surface area contributed by atoms with Crippen LogP contribution in [0.1, 0.15) is 81.7 Å². The van der Waals surface area contributed by atoms with Crippen molar-refractivity contribution in [1.29, 1.82) is 0 Å². The Morgan fingerprint density at radius 3 is 1.75 bits per heavy atom. The van der Waals surface area contributed by atoms with Gasteiger partial charge in [-0.05, 0) is 53.9 Å². The lowest BCUT2D eigenvalue weighted by molar-refractivity contribution is -0.218. The number of rotatable bonds is 21. The van der Waals surface area contributed by atoms with Crippen molar-refractivity contribution >= 4 is 32.2 Å². The number of nitrogens with zero attached hydrogens (tertiary/aromatic N) is 2. The first-order chi connectivity index (χ1) is 27.6. The summed E-state index contributed by atoms with van der Waals surface area (Å²) in [5, 5.41) is 17.8. The number of esters is 1. The number of nitrogens with one attached hydrogen (secondary N) is 1. The second-order valence-electron chi connectivity index (χ2n) is 12.1. The Bertz CT molecular complexity index is 1470. The smallest absolute Gasteiger partial charge is 0.444 e. The molecule has 0 saturated heterocycles. The summed E-state index contributed by atoms with van der Waals surface area (Å²) in [6.45, 7) is 12.3. The van der Waals surface area contributed by atoms with E-state index in [1.165, 1.54) is 38.8 Å². The molecule has 1 rings (SSSR count). The molecule has 0 spiro atoms. The van der Waals surface area contributed by atoms with Gasteiger partial charge in [0.2, 0.25) is 13.6 Å². The summed E-state index contributed by atoms with van der Waals surface area (Å²) < 4.78 is 77.9. The summed E-state index contributed by atoms with van der Waals surface area (Å²) >= 11 is 0. The molecule has 1 amide bonds. The second kappa shape index (κ2) is 32.7. The van der Waals surface area contributed by atoms with E-state index in [0.29, 0.717) is 11.7 Å². The van der Waals surface area contributed by atoms with Crippen LogP contribution >= 0.6 is 7.82 Å². The van der Waals surface area contributed by atoms with Gasteiger partial charge in [-0.25, -0.2) is 42.2 Å². The van der Waals surface area contributed by atoms with Crippen LogP contribution in [0.3, 0.4) is 0 Å². The monoisotopic (exact) mass is 883 g/mol. The maximum Gasteiger partial charge on any atom is 0.510 e. The van der Waals surface area contributed by atoms with Gasteiger partial charge in [-0.15, -0.1) is 0 Å². The summed E-state index contributed by atoms with van der Waals surface area (Å²) in [6, 6.07) is -0.729. The second-order valence-corrected chi connectivity index (χ2v) is 13.8. The molecule has 1 aromatic heterocycles. The highest BCUT2D eigenvalue weighted by Gasteiger charge is 2.32. The molecular weight excluding hydrogens is 820 g/mol. The van der Waals surface area contributed by atoms with Gasteiger partial charge < -0.3 is 53.4 Å². The molecule has 3 N–H and O–H groups in total. The number of ether oxygens (including phenoxy) is 8. The number of amides is 1. The van der Waals surface area contributed by atoms with Crippen LogP contribution in [0, 0.1) is 5.92 Å². The molecule has 2 unspecified atom stereocenters. The van der Waals surface area contributed by atoms with E-state index in [2.05, 4.69) is 29.0 Å². The molecule has 1 aromatic rings. The van der Waals surface area contributed by atoms with Crippen LogP contribution in [-0.2, 0) is 67.6 Å². The first-order valence-corrected chi connectivity index (χ1v) is 19.5. The van der Waals surface area contributed by atoms with E-state index in [0.717, 1.165) is 6.07 Å². The number of hydrogen-bond donors (Lipinski definition) is 3. The van der Waals surface area contributed by atoms with Gasteiger partial charge >= 0.3 is 37.9 Å². The average molecular weight is 884 g/mol. The normalized spacial score (nSPS) is 12.4. The lowest BCUT2D eigenvalue weighted by Gasteiger charge is -2.25. The van der Waals surface area contributed by atoms with E-state index >= 15 is 0 Å². The van der Waals surface area contributed by atoms with E-state index in [1.54, 1.807) is 41.5 Å². The van der Waals surface area contributed by atoms with Gasteiger partial charge in [0.25, 0.3) is 12.0 Å². The van der Waals surface area contributed by atoms with Crippen LogP contribution < -0.4 is 16.6 Å². The Labute approximate surface area is 342 Å². The molecule has 0 aliphatic rings. The Balaban J connectivity index is -0.00000317. The first-order valence-electron chi connectivity index (χ1n) is 18.0. The lowest BCUT2D eigenvalue weighted by atomic mass is 10.1. The van der Waals surface area contributed by atoms with E-state index in [9.17, 15) is 37.7 Å². The Morgan fingerprint density at radius 1 is 0.847 bits per heavy atom. The van der Waals surface area contributed by atoms with E-state index in [-0.39, 0.29) is 19.6 Å². The van der Waals surface area contributed by atoms with E-state index < -0.39 is 107 Å². The van der Waals surface area contributed by atoms with Gasteiger partial charge in [0.05, 0.1) is 33.1 Å². The minimum Gasteiger partial charge on any atom is -0.444 e. The molecule has 25 heteroatoms. The number of alkyl carbamates (subject to hydrolysis) is 1. The van der Waals surface area contributed by atoms with Crippen molar-refractivity contribution in [3.05, 3.63) is 33.1 Å². The molecule has 0 radical (unpaired) electrons. The molecule has 0 aliphatic carbocycles. The fraction of sp³-hybridized carbons (Fsp3) is 0.765. The number of aliphatic hydroxyl groups excluding tert-OH is 1. The maximum atomic E-state index is 13.3. The minimum atomic E-state index is -4.57. The standard InChI is InChI=1S/C29H48N3O17P.C2H6O3.C2H6.CH3F/c1-10-41-27(37)44-17-47-50(39,48-18-45-28(38)42-11-2)46-15-21(40-9)14-20(5)31-13-12-22(33)32(26(31)36)16-43-24(34)23(19(3)4)30-25(35)49-29(6,7)8;1-5-2(3)4;2*1-2/h12-13,19-21,23H,10-11,14-18H2,1-9H3,(H,30,35);2-4H,1H3;1-2H3;1H3/t20-,21?,23?;;;/m0.../s1. The van der Waals surface area contributed by atoms with Crippen LogP contribution in [0.15, 0.2) is 21.9 Å². The van der Waals surface area contributed by atoms with Crippen molar-refractivity contribution in [2.24, 2.45) is 5.92 Å². The van der Waals surface area contributed by atoms with Crippen LogP contribution in [-0.4, -0.2) is 123 Å². The van der Waals surface area contributed by atoms with Crippen molar-refractivity contribution in [3.63, 3.8) is 0 Å². The van der Waals surface area contributed by atoms with Crippen molar-refractivity contribution in [1.82, 2.24) is 14.5 Å². The fourth-order valence-electron chi connectivity index (χ4n) is 3.75. The third-order valence-electron chi connectivity index (χ3n) is 6.37. The predicted octanol–water partition coefficient (Wildman–Crippen LogP) is 3.96. The van der Waals surface area contributed by atoms with Gasteiger partial charge in [-0.1, -0.05) is 27.7 Å². The molecule has 346 valence electrons. The summed E-state index contributed by atoms with van der Waals surface area (Å²) in [4.78, 5) is 73.9. The number of phosphoric ester groups is 1. The summed E-state index contributed by atoms with van der Waals surface area (Å²) in [6.07, 6.45) is -2.70. The number of carbonyl (C=O) groups is 4. The number of aliphatic hydroxyl groups is 2.